The zero-order chi connectivity index (χ0) is 15.6. The third-order valence-corrected chi connectivity index (χ3v) is 3.45. The molecule has 0 aliphatic carbocycles. The van der Waals surface area contributed by atoms with Crippen LogP contribution in [0.2, 0.25) is 0 Å². The highest BCUT2D eigenvalue weighted by Gasteiger charge is 2.07. The van der Waals surface area contributed by atoms with Gasteiger partial charge in [0.25, 0.3) is 0 Å². The van der Waals surface area contributed by atoms with Gasteiger partial charge in [-0.05, 0) is 48.7 Å². The van der Waals surface area contributed by atoms with E-state index >= 15 is 0 Å². The monoisotopic (exact) mass is 306 g/mol. The number of aryl methyl sites for hydroxylation is 2. The van der Waals surface area contributed by atoms with Crippen molar-refractivity contribution in [3.8, 4) is 0 Å². The molecule has 0 fully saturated rings. The smallest absolute Gasteiger partial charge is 0.135 e. The highest BCUT2D eigenvalue weighted by Crippen LogP contribution is 2.18. The summed E-state index contributed by atoms with van der Waals surface area (Å²) < 4.78 is 27.3. The summed E-state index contributed by atoms with van der Waals surface area (Å²) in [6.07, 6.45) is 0. The van der Waals surface area contributed by atoms with E-state index in [1.807, 2.05) is 0 Å². The van der Waals surface area contributed by atoms with Crippen molar-refractivity contribution in [1.29, 1.82) is 0 Å². The van der Waals surface area contributed by atoms with Crippen molar-refractivity contribution in [2.45, 2.75) is 20.4 Å². The summed E-state index contributed by atoms with van der Waals surface area (Å²) in [5, 5.41) is 3.10. The van der Waals surface area contributed by atoms with Crippen molar-refractivity contribution in [2.75, 3.05) is 5.32 Å². The average Bonchev–Trinajstić information content (AvgIpc) is 2.42. The largest absolute Gasteiger partial charge is 0.389 e. The van der Waals surface area contributed by atoms with Crippen molar-refractivity contribution in [3.63, 3.8) is 0 Å². The van der Waals surface area contributed by atoms with Crippen LogP contribution in [0.25, 0.3) is 0 Å². The predicted octanol–water partition coefficient (Wildman–Crippen LogP) is 3.83. The van der Waals surface area contributed by atoms with Crippen LogP contribution in [0.1, 0.15) is 22.3 Å². The minimum absolute atomic E-state index is 0.0313. The van der Waals surface area contributed by atoms with Crippen LogP contribution in [0.15, 0.2) is 30.3 Å². The van der Waals surface area contributed by atoms with Crippen LogP contribution in [0.5, 0.6) is 0 Å². The molecule has 0 heterocycles. The fourth-order valence-corrected chi connectivity index (χ4v) is 2.33. The molecule has 5 heteroatoms. The lowest BCUT2D eigenvalue weighted by molar-refractivity contribution is 0.608. The van der Waals surface area contributed by atoms with Crippen molar-refractivity contribution in [3.05, 3.63) is 64.2 Å². The van der Waals surface area contributed by atoms with Crippen LogP contribution in [0.4, 0.5) is 14.5 Å². The fourth-order valence-electron chi connectivity index (χ4n) is 2.17. The maximum absolute atomic E-state index is 13.8. The molecule has 0 amide bonds. The second kappa shape index (κ2) is 6.18. The Morgan fingerprint density at radius 3 is 2.29 bits per heavy atom. The standard InChI is InChI=1S/C16H16F2N2S/c1-9-5-11(6-10(2)15(9)18)8-20-12-3-4-13(16(19)21)14(17)7-12/h3-7,20H,8H2,1-2H3,(H2,19,21). The van der Waals surface area contributed by atoms with Gasteiger partial charge in [-0.2, -0.15) is 0 Å². The lowest BCUT2D eigenvalue weighted by Crippen LogP contribution is -2.12. The van der Waals surface area contributed by atoms with Crippen LogP contribution in [-0.2, 0) is 6.54 Å². The van der Waals surface area contributed by atoms with Crippen LogP contribution >= 0.6 is 12.2 Å². The molecule has 2 aromatic carbocycles. The molecule has 0 saturated heterocycles. The van der Waals surface area contributed by atoms with E-state index in [1.165, 1.54) is 6.07 Å². The van der Waals surface area contributed by atoms with Crippen molar-refractivity contribution in [1.82, 2.24) is 0 Å². The van der Waals surface area contributed by atoms with E-state index in [2.05, 4.69) is 5.32 Å². The summed E-state index contributed by atoms with van der Waals surface area (Å²) in [6, 6.07) is 8.14. The molecule has 21 heavy (non-hydrogen) atoms. The van der Waals surface area contributed by atoms with Crippen LogP contribution in [-0.4, -0.2) is 4.99 Å². The molecule has 0 bridgehead atoms. The molecule has 0 aliphatic rings. The fraction of sp³-hybridized carbons (Fsp3) is 0.188. The van der Waals surface area contributed by atoms with Gasteiger partial charge in [0, 0.05) is 17.8 Å². The highest BCUT2D eigenvalue weighted by atomic mass is 32.1. The van der Waals surface area contributed by atoms with Gasteiger partial charge in [-0.1, -0.05) is 24.4 Å². The molecule has 0 unspecified atom stereocenters. The number of anilines is 1. The van der Waals surface area contributed by atoms with Gasteiger partial charge in [-0.15, -0.1) is 0 Å². The Morgan fingerprint density at radius 2 is 1.76 bits per heavy atom. The van der Waals surface area contributed by atoms with Crippen LogP contribution < -0.4 is 11.1 Å². The Labute approximate surface area is 128 Å². The first-order chi connectivity index (χ1) is 9.88. The van der Waals surface area contributed by atoms with E-state index < -0.39 is 5.82 Å². The molecule has 0 radical (unpaired) electrons. The topological polar surface area (TPSA) is 38.0 Å². The Kier molecular flexibility index (Phi) is 4.53. The molecular weight excluding hydrogens is 290 g/mol. The number of hydrogen-bond donors (Lipinski definition) is 2. The summed E-state index contributed by atoms with van der Waals surface area (Å²) in [5.74, 6) is -0.649. The van der Waals surface area contributed by atoms with Gasteiger partial charge in [0.15, 0.2) is 0 Å². The molecule has 0 spiro atoms. The predicted molar refractivity (Wildman–Crippen MR) is 85.5 cm³/mol. The van der Waals surface area contributed by atoms with Gasteiger partial charge in [-0.25, -0.2) is 8.78 Å². The number of benzene rings is 2. The molecule has 0 aromatic heterocycles. The van der Waals surface area contributed by atoms with E-state index in [9.17, 15) is 8.78 Å². The molecule has 0 aliphatic heterocycles. The second-order valence-electron chi connectivity index (χ2n) is 4.96. The third-order valence-electron chi connectivity index (χ3n) is 3.23. The quantitative estimate of drug-likeness (QED) is 0.843. The van der Waals surface area contributed by atoms with Gasteiger partial charge in [0.2, 0.25) is 0 Å². The zero-order valence-electron chi connectivity index (χ0n) is 11.8. The van der Waals surface area contributed by atoms with Gasteiger partial charge in [0.1, 0.15) is 16.6 Å². The molecule has 0 saturated carbocycles. The molecule has 0 atom stereocenters. The molecule has 2 nitrogen and oxygen atoms in total. The minimum atomic E-state index is -0.459. The van der Waals surface area contributed by atoms with Crippen molar-refractivity contribution >= 4 is 22.9 Å². The molecular formula is C16H16F2N2S. The number of nitrogens with two attached hydrogens (primary N) is 1. The van der Waals surface area contributed by atoms with E-state index in [0.29, 0.717) is 23.4 Å². The van der Waals surface area contributed by atoms with E-state index in [4.69, 9.17) is 18.0 Å². The number of halogens is 2. The second-order valence-corrected chi connectivity index (χ2v) is 5.40. The van der Waals surface area contributed by atoms with Gasteiger partial charge in [0.05, 0.1) is 0 Å². The lowest BCUT2D eigenvalue weighted by Gasteiger charge is -2.10. The van der Waals surface area contributed by atoms with Crippen molar-refractivity contribution < 1.29 is 8.78 Å². The Hall–Kier alpha value is -2.01. The Balaban J connectivity index is 2.13. The first-order valence-corrected chi connectivity index (χ1v) is 6.88. The molecule has 2 rings (SSSR count). The van der Waals surface area contributed by atoms with Gasteiger partial charge < -0.3 is 11.1 Å². The normalized spacial score (nSPS) is 10.5. The third kappa shape index (κ3) is 3.55. The molecule has 2 aromatic rings. The number of rotatable bonds is 4. The summed E-state index contributed by atoms with van der Waals surface area (Å²) in [6.45, 7) is 3.93. The maximum atomic E-state index is 13.8. The Morgan fingerprint density at radius 1 is 1.14 bits per heavy atom. The maximum Gasteiger partial charge on any atom is 0.135 e. The van der Waals surface area contributed by atoms with E-state index in [1.54, 1.807) is 38.1 Å². The summed E-state index contributed by atoms with van der Waals surface area (Å²) in [4.78, 5) is 0.0313. The van der Waals surface area contributed by atoms with Crippen molar-refractivity contribution in [2.24, 2.45) is 5.73 Å². The number of nitrogens with one attached hydrogen (secondary N) is 1. The SMILES string of the molecule is Cc1cc(CNc2ccc(C(N)=S)c(F)c2)cc(C)c1F. The number of hydrogen-bond acceptors (Lipinski definition) is 2. The van der Waals surface area contributed by atoms with Crippen LogP contribution in [0.3, 0.4) is 0 Å². The first-order valence-electron chi connectivity index (χ1n) is 6.47. The van der Waals surface area contributed by atoms with Crippen LogP contribution in [0, 0.1) is 25.5 Å². The highest BCUT2D eigenvalue weighted by molar-refractivity contribution is 7.80. The lowest BCUT2D eigenvalue weighted by atomic mass is 10.1. The first kappa shape index (κ1) is 15.4. The van der Waals surface area contributed by atoms with Gasteiger partial charge in [-0.3, -0.25) is 0 Å². The average molecular weight is 306 g/mol. The molecule has 110 valence electrons. The summed E-state index contributed by atoms with van der Waals surface area (Å²) in [5.41, 5.74) is 8.39. The minimum Gasteiger partial charge on any atom is -0.389 e. The summed E-state index contributed by atoms with van der Waals surface area (Å²) in [7, 11) is 0. The van der Waals surface area contributed by atoms with E-state index in [0.717, 1.165) is 5.56 Å². The van der Waals surface area contributed by atoms with Gasteiger partial charge >= 0.3 is 0 Å². The Bertz CT molecular complexity index is 676. The number of thiocarbonyl (C=S) groups is 1. The molecule has 3 N–H and O–H groups in total. The summed E-state index contributed by atoms with van der Waals surface area (Å²) >= 11 is 4.76. The zero-order valence-corrected chi connectivity index (χ0v) is 12.7. The van der Waals surface area contributed by atoms with E-state index in [-0.39, 0.29) is 16.4 Å².